The number of rotatable bonds is 12. The van der Waals surface area contributed by atoms with Crippen LogP contribution in [0.15, 0.2) is 42.7 Å². The lowest BCUT2D eigenvalue weighted by molar-refractivity contribution is -0.347. The van der Waals surface area contributed by atoms with E-state index < -0.39 is 128 Å². The van der Waals surface area contributed by atoms with Gasteiger partial charge in [0.05, 0.1) is 44.7 Å². The summed E-state index contributed by atoms with van der Waals surface area (Å²) < 4.78 is 57.8. The van der Waals surface area contributed by atoms with Crippen LogP contribution in [0.1, 0.15) is 26.3 Å². The number of benzene rings is 1. The van der Waals surface area contributed by atoms with Crippen LogP contribution in [0.2, 0.25) is 0 Å². The molecule has 0 bridgehead atoms. The van der Waals surface area contributed by atoms with E-state index in [0.717, 1.165) is 13.8 Å². The molecule has 5 aliphatic rings. The highest BCUT2D eigenvalue weighted by atomic mass is 16.8. The molecule has 4 fully saturated rings. The first-order valence-corrected chi connectivity index (χ1v) is 17.1. The molecule has 1 saturated carbocycles. The summed E-state index contributed by atoms with van der Waals surface area (Å²) in [6.07, 6.45) is -11.6. The van der Waals surface area contributed by atoms with E-state index in [1.54, 1.807) is 37.3 Å². The summed E-state index contributed by atoms with van der Waals surface area (Å²) in [5.74, 6) is -3.13. The molecule has 1 aliphatic carbocycles. The quantitative estimate of drug-likeness (QED) is 0.0719. The minimum atomic E-state index is -1.73. The molecule has 53 heavy (non-hydrogen) atoms. The summed E-state index contributed by atoms with van der Waals surface area (Å²) in [6.45, 7) is 2.64. The number of methoxy groups -OCH3 is 1. The van der Waals surface area contributed by atoms with Crippen LogP contribution in [0, 0.1) is 11.8 Å². The van der Waals surface area contributed by atoms with E-state index in [4.69, 9.17) is 47.4 Å². The van der Waals surface area contributed by atoms with Gasteiger partial charge in [-0.1, -0.05) is 12.1 Å². The Kier molecular flexibility index (Phi) is 11.7. The summed E-state index contributed by atoms with van der Waals surface area (Å²) in [7, 11) is 1.53. The van der Waals surface area contributed by atoms with Crippen LogP contribution in [0.5, 0.6) is 5.75 Å². The van der Waals surface area contributed by atoms with Crippen molar-refractivity contribution in [1.82, 2.24) is 0 Å². The van der Waals surface area contributed by atoms with Gasteiger partial charge in [-0.05, 0) is 36.8 Å². The number of carbonyl (C=O) groups excluding carboxylic acids is 3. The predicted molar refractivity (Wildman–Crippen MR) is 173 cm³/mol. The number of ether oxygens (including phenoxy) is 10. The Hall–Kier alpha value is -3.69. The smallest absolute Gasteiger partial charge is 0.331 e. The first-order valence-electron chi connectivity index (χ1n) is 17.1. The van der Waals surface area contributed by atoms with E-state index in [1.165, 1.54) is 25.5 Å². The molecule has 0 unspecified atom stereocenters. The summed E-state index contributed by atoms with van der Waals surface area (Å²) >= 11 is 0. The molecule has 3 saturated heterocycles. The number of hydrogen-bond acceptors (Lipinski definition) is 18. The van der Waals surface area contributed by atoms with E-state index in [0.29, 0.717) is 11.3 Å². The van der Waals surface area contributed by atoms with Crippen LogP contribution in [-0.2, 0) is 57.0 Å². The molecule has 4 aliphatic heterocycles. The number of hydrogen-bond donors (Lipinski definition) is 5. The van der Waals surface area contributed by atoms with Gasteiger partial charge in [-0.2, -0.15) is 0 Å². The lowest BCUT2D eigenvalue weighted by Gasteiger charge is -2.45. The van der Waals surface area contributed by atoms with Crippen molar-refractivity contribution in [3.05, 3.63) is 48.2 Å². The van der Waals surface area contributed by atoms with Crippen molar-refractivity contribution in [3.8, 4) is 5.75 Å². The Balaban J connectivity index is 1.21. The lowest BCUT2D eigenvalue weighted by Crippen LogP contribution is -2.62. The molecule has 1 aromatic rings. The van der Waals surface area contributed by atoms with E-state index in [2.05, 4.69) is 0 Å². The van der Waals surface area contributed by atoms with Gasteiger partial charge in [0.1, 0.15) is 41.9 Å². The second kappa shape index (κ2) is 16.0. The van der Waals surface area contributed by atoms with Crippen molar-refractivity contribution in [2.45, 2.75) is 106 Å². The summed E-state index contributed by atoms with van der Waals surface area (Å²) in [4.78, 5) is 37.8. The maximum absolute atomic E-state index is 13.0. The second-order valence-corrected chi connectivity index (χ2v) is 13.4. The zero-order valence-corrected chi connectivity index (χ0v) is 29.2. The Morgan fingerprint density at radius 2 is 1.53 bits per heavy atom. The van der Waals surface area contributed by atoms with E-state index in [9.17, 15) is 39.9 Å². The third-order valence-corrected chi connectivity index (χ3v) is 10.0. The first kappa shape index (κ1) is 39.0. The molecule has 6 rings (SSSR count). The zero-order chi connectivity index (χ0) is 38.2. The Labute approximate surface area is 303 Å². The van der Waals surface area contributed by atoms with Crippen molar-refractivity contribution in [2.75, 3.05) is 20.3 Å². The van der Waals surface area contributed by atoms with E-state index in [-0.39, 0.29) is 0 Å². The standard InChI is InChI=1S/C35H44O18/c1-15-27(50-22(40)10-7-18-5-8-19(44-4)9-6-18)29(47-16(2)38)30(48-17(3)39)34(46-15)51-28-20-11-12-45-32(23(20)35(14-37)31(28)53-35)52-33-26(43)25(42)24(41)21(13-36)49-33/h5-12,15,20-21,23-34,36-37,41-43H,13-14H2,1-4H3/b10-7+/t15-,20+,21-,23-,24+,25+,26-,27+,28+,29-,30-,31+,32-,33+,34+,35-/m1/s1. The third-order valence-electron chi connectivity index (χ3n) is 10.0. The normalized spacial score (nSPS) is 41.5. The van der Waals surface area contributed by atoms with Crippen LogP contribution in [0.25, 0.3) is 6.08 Å². The molecule has 0 radical (unpaired) electrons. The predicted octanol–water partition coefficient (Wildman–Crippen LogP) is -1.32. The summed E-state index contributed by atoms with van der Waals surface area (Å²) in [6, 6.07) is 6.90. The van der Waals surface area contributed by atoms with Gasteiger partial charge >= 0.3 is 17.9 Å². The highest BCUT2D eigenvalue weighted by molar-refractivity contribution is 5.87. The molecule has 5 N–H and O–H groups in total. The molecule has 0 spiro atoms. The van der Waals surface area contributed by atoms with Gasteiger partial charge in [-0.25, -0.2) is 4.79 Å². The van der Waals surface area contributed by atoms with Gasteiger partial charge in [-0.15, -0.1) is 0 Å². The highest BCUT2D eigenvalue weighted by Crippen LogP contribution is 2.61. The number of epoxide rings is 1. The number of carbonyl (C=O) groups is 3. The van der Waals surface area contributed by atoms with Crippen molar-refractivity contribution < 1.29 is 87.3 Å². The number of esters is 3. The molecule has 16 atom stereocenters. The van der Waals surface area contributed by atoms with Crippen LogP contribution < -0.4 is 4.74 Å². The van der Waals surface area contributed by atoms with Gasteiger partial charge in [0.15, 0.2) is 30.9 Å². The average Bonchev–Trinajstić information content (AvgIpc) is 3.81. The van der Waals surface area contributed by atoms with Gasteiger partial charge in [-0.3, -0.25) is 9.59 Å². The zero-order valence-electron chi connectivity index (χ0n) is 29.2. The van der Waals surface area contributed by atoms with Crippen molar-refractivity contribution in [1.29, 1.82) is 0 Å². The summed E-state index contributed by atoms with van der Waals surface area (Å²) in [5, 5.41) is 51.2. The fourth-order valence-electron chi connectivity index (χ4n) is 7.41. The molecule has 18 heteroatoms. The van der Waals surface area contributed by atoms with Crippen molar-refractivity contribution >= 4 is 24.0 Å². The topological polar surface area (TPSA) is 248 Å². The van der Waals surface area contributed by atoms with E-state index >= 15 is 0 Å². The monoisotopic (exact) mass is 752 g/mol. The molecule has 1 aromatic carbocycles. The van der Waals surface area contributed by atoms with Gasteiger partial charge in [0, 0.05) is 25.8 Å². The van der Waals surface area contributed by atoms with Gasteiger partial charge in [0.2, 0.25) is 6.29 Å². The molecule has 0 amide bonds. The Morgan fingerprint density at radius 1 is 0.830 bits per heavy atom. The average molecular weight is 753 g/mol. The minimum absolute atomic E-state index is 0.516. The van der Waals surface area contributed by atoms with Crippen molar-refractivity contribution in [3.63, 3.8) is 0 Å². The number of aliphatic hydroxyl groups excluding tert-OH is 5. The minimum Gasteiger partial charge on any atom is -0.497 e. The molecule has 292 valence electrons. The van der Waals surface area contributed by atoms with Crippen LogP contribution in [0.3, 0.4) is 0 Å². The molecule has 0 aromatic heterocycles. The third kappa shape index (κ3) is 7.79. The molecule has 18 nitrogen and oxygen atoms in total. The van der Waals surface area contributed by atoms with Gasteiger partial charge < -0.3 is 72.9 Å². The number of fused-ring (bicyclic) bond motifs is 3. The lowest BCUT2D eigenvalue weighted by atomic mass is 9.85. The Morgan fingerprint density at radius 3 is 2.17 bits per heavy atom. The maximum atomic E-state index is 13.0. The van der Waals surface area contributed by atoms with Crippen LogP contribution >= 0.6 is 0 Å². The Bertz CT molecular complexity index is 1530. The van der Waals surface area contributed by atoms with E-state index in [1.807, 2.05) is 0 Å². The van der Waals surface area contributed by atoms with Crippen LogP contribution in [0.4, 0.5) is 0 Å². The maximum Gasteiger partial charge on any atom is 0.331 e. The largest absolute Gasteiger partial charge is 0.497 e. The first-order chi connectivity index (χ1) is 25.3. The fraction of sp³-hybridized carbons (Fsp3) is 0.629. The number of aliphatic hydroxyl groups is 5. The molecular weight excluding hydrogens is 708 g/mol. The summed E-state index contributed by atoms with van der Waals surface area (Å²) in [5.41, 5.74) is -0.600. The van der Waals surface area contributed by atoms with Crippen molar-refractivity contribution in [2.24, 2.45) is 11.8 Å². The van der Waals surface area contributed by atoms with Gasteiger partial charge in [0.25, 0.3) is 0 Å². The molecular formula is C35H44O18. The fourth-order valence-corrected chi connectivity index (χ4v) is 7.41. The highest BCUT2D eigenvalue weighted by Gasteiger charge is 2.77. The SMILES string of the molecule is COc1ccc(/C=C/C(=O)O[C@@H]2[C@@H](OC(C)=O)[C@@H](OC(C)=O)[C@H](O[C@H]3[C@H]4C=CO[C@H](O[C@@H]5O[C@H](CO)[C@H](O)[C@H](O)[C@H]5O)[C@@H]4[C@@]4(CO)O[C@@H]34)O[C@@H]2C)cc1. The second-order valence-electron chi connectivity index (χ2n) is 13.4. The molecule has 4 heterocycles. The van der Waals surface area contributed by atoms with Crippen LogP contribution in [-0.4, -0.2) is 149 Å².